The van der Waals surface area contributed by atoms with Crippen LogP contribution in [0.2, 0.25) is 0 Å². The minimum Gasteiger partial charge on any atom is -0.298 e. The van der Waals surface area contributed by atoms with Crippen molar-refractivity contribution in [3.8, 4) is 0 Å². The molecule has 0 aliphatic rings. The van der Waals surface area contributed by atoms with Gasteiger partial charge in [-0.05, 0) is 272 Å². The molecule has 0 amide bonds. The molecule has 14 aromatic carbocycles. The molecule has 8 nitrogen and oxygen atoms in total. The second-order valence-electron chi connectivity index (χ2n) is 32.5. The molecule has 0 radical (unpaired) electrons. The lowest BCUT2D eigenvalue weighted by Gasteiger charge is -2.16. The van der Waals surface area contributed by atoms with Gasteiger partial charge in [0.25, 0.3) is 0 Å². The molecule has 0 N–H and O–H groups in total. The Morgan fingerprint density at radius 1 is 0.244 bits per heavy atom. The van der Waals surface area contributed by atoms with Crippen molar-refractivity contribution in [2.45, 2.75) is 104 Å². The number of hydrogen-bond acceptors (Lipinski definition) is 15. The zero-order chi connectivity index (χ0) is 87.1. The summed E-state index contributed by atoms with van der Waals surface area (Å²) in [4.78, 5) is 89.1. The van der Waals surface area contributed by atoms with E-state index >= 15 is 0 Å². The van der Waals surface area contributed by atoms with Crippen molar-refractivity contribution in [1.82, 2.24) is 0 Å². The lowest BCUT2D eigenvalue weighted by atomic mass is 9.86. The van der Waals surface area contributed by atoms with E-state index in [1.807, 2.05) is 168 Å². The van der Waals surface area contributed by atoms with Gasteiger partial charge in [0.15, 0.2) is 12.1 Å². The first-order valence-electron chi connectivity index (χ1n) is 40.4. The number of ketones is 1. The molecular weight excluding hydrogens is 1650 g/mol. The fourth-order valence-corrected chi connectivity index (χ4v) is 24.5. The molecular formula is C108H88O8S7. The average Bonchev–Trinajstić information content (AvgIpc) is 1.20. The van der Waals surface area contributed by atoms with Crippen molar-refractivity contribution in [2.24, 2.45) is 5.41 Å². The molecule has 0 atom stereocenters. The number of carbonyl (C=O) groups is 8. The fourth-order valence-electron chi connectivity index (χ4n) is 16.2. The first kappa shape index (κ1) is 85.9. The van der Waals surface area contributed by atoms with Gasteiger partial charge in [0.05, 0.1) is 0 Å². The largest absolute Gasteiger partial charge is 0.298 e. The van der Waals surface area contributed by atoms with Crippen molar-refractivity contribution in [1.29, 1.82) is 0 Å². The normalized spacial score (nSPS) is 11.3. The van der Waals surface area contributed by atoms with E-state index < -0.39 is 5.41 Å². The van der Waals surface area contributed by atoms with Crippen molar-refractivity contribution in [3.63, 3.8) is 0 Å². The number of fused-ring (bicyclic) bond motifs is 21. The predicted octanol–water partition coefficient (Wildman–Crippen LogP) is 32.0. The SMILES string of the molecule is CC(C)(C)C(=O)c1ccc2sc3ccc(C=O)cc3c2c1.Cc1cc(C)c2sc3ccc(C=O)cc3c2c1.Cc1cc(C=O)c(C)c2c1sc1ccccc12.Cc1cc2sc3ccc(C=O)cc3c2cc1C.Cc1cc2sc3ccccc3c2c(C)c1C=O.Cc1ccc2sc3ccc(C=O)cc3c2c1C.Cc1cccc2c1sc1c(C)cc(C=O)cc12. The highest BCUT2D eigenvalue weighted by Crippen LogP contribution is 2.45. The monoisotopic (exact) mass is 1740 g/mol. The van der Waals surface area contributed by atoms with E-state index in [2.05, 4.69) is 165 Å². The lowest BCUT2D eigenvalue weighted by Crippen LogP contribution is -2.19. The Morgan fingerprint density at radius 3 is 1.27 bits per heavy atom. The van der Waals surface area contributed by atoms with Gasteiger partial charge in [-0.1, -0.05) is 117 Å². The van der Waals surface area contributed by atoms with E-state index in [0.717, 1.165) is 120 Å². The van der Waals surface area contributed by atoms with Crippen LogP contribution in [0.15, 0.2) is 218 Å². The molecule has 0 bridgehead atoms. The maximum atomic E-state index is 12.4. The van der Waals surface area contributed by atoms with E-state index in [0.29, 0.717) is 5.56 Å². The Kier molecular flexibility index (Phi) is 25.0. The number of aldehydes is 7. The van der Waals surface area contributed by atoms with Crippen molar-refractivity contribution in [2.75, 3.05) is 0 Å². The molecule has 7 aromatic heterocycles. The summed E-state index contributed by atoms with van der Waals surface area (Å²) < 4.78 is 17.7. The second-order valence-corrected chi connectivity index (χ2v) is 40.0. The average molecular weight is 1740 g/mol. The number of thiophene rings is 7. The standard InChI is InChI=1S/C18H16O2S.6C15H12OS/c1-18(2,3)17(20)12-5-7-16-14(9-12)13-8-11(10-19)4-6-15(13)21-16;1-9-3-5-14-15(10(9)2)12-7-11(8-16)4-6-13(12)17-14;1-9-5-12-13-7-11(8-16)3-4-14(13)17-15(12)6-10(9)2;1-9-5-10(2)15-13(6-9)12-7-11(8-16)3-4-14(12)17-15;1-9-4-3-5-12-13-7-11(8-16)6-10(2)15(13)17-14(9)12;1-9-7-11(8-16)10(2)14-12-5-3-4-6-13(12)17-15(9)14;1-9-7-14-15(10(2)12(9)8-16)11-5-3-4-6-13(11)17-14/h4-10H,1-3H3;6*3-8H,1-2H3. The molecule has 0 fully saturated rings. The lowest BCUT2D eigenvalue weighted by molar-refractivity contribution is 0.0857. The van der Waals surface area contributed by atoms with Gasteiger partial charge in [0.2, 0.25) is 0 Å². The zero-order valence-electron chi connectivity index (χ0n) is 70.9. The maximum absolute atomic E-state index is 12.4. The summed E-state index contributed by atoms with van der Waals surface area (Å²) in [6.45, 7) is 30.9. The molecule has 0 spiro atoms. The molecule has 21 aromatic rings. The van der Waals surface area contributed by atoms with E-state index in [1.54, 1.807) is 68.0 Å². The van der Waals surface area contributed by atoms with Crippen LogP contribution in [0.1, 0.15) is 170 Å². The summed E-state index contributed by atoms with van der Waals surface area (Å²) in [5.74, 6) is 0.135. The molecule has 21 rings (SSSR count). The third kappa shape index (κ3) is 17.1. The summed E-state index contributed by atoms with van der Waals surface area (Å²) in [5.41, 5.74) is 20.4. The van der Waals surface area contributed by atoms with E-state index in [4.69, 9.17) is 0 Å². The first-order chi connectivity index (χ1) is 59.1. The number of carbonyl (C=O) groups excluding carboxylic acids is 8. The summed E-state index contributed by atoms with van der Waals surface area (Å²) in [6, 6.07) is 73.6. The van der Waals surface area contributed by atoms with Crippen molar-refractivity contribution >= 4 is 270 Å². The molecule has 7 heterocycles. The van der Waals surface area contributed by atoms with Crippen LogP contribution in [-0.4, -0.2) is 49.8 Å². The molecule has 610 valence electrons. The topological polar surface area (TPSA) is 137 Å². The van der Waals surface area contributed by atoms with Crippen LogP contribution in [0.4, 0.5) is 0 Å². The molecule has 0 saturated carbocycles. The van der Waals surface area contributed by atoms with Gasteiger partial charge in [0, 0.05) is 191 Å². The zero-order valence-corrected chi connectivity index (χ0v) is 76.7. The third-order valence-electron chi connectivity index (χ3n) is 22.9. The highest BCUT2D eigenvalue weighted by Gasteiger charge is 2.24. The highest BCUT2D eigenvalue weighted by atomic mass is 32.1. The number of aryl methyl sites for hydroxylation is 12. The molecule has 123 heavy (non-hydrogen) atoms. The van der Waals surface area contributed by atoms with E-state index in [9.17, 15) is 38.4 Å². The Morgan fingerprint density at radius 2 is 0.667 bits per heavy atom. The Hall–Kier alpha value is -12.0. The summed E-state index contributed by atoms with van der Waals surface area (Å²) >= 11 is 12.5. The van der Waals surface area contributed by atoms with E-state index in [-0.39, 0.29) is 5.78 Å². The summed E-state index contributed by atoms with van der Waals surface area (Å²) in [5, 5.41) is 17.0. The van der Waals surface area contributed by atoms with Crippen LogP contribution >= 0.6 is 79.4 Å². The number of Topliss-reactive ketones (excluding diaryl/α,β-unsaturated/α-hetero) is 1. The van der Waals surface area contributed by atoms with Crippen LogP contribution in [0.5, 0.6) is 0 Å². The predicted molar refractivity (Wildman–Crippen MR) is 534 cm³/mol. The van der Waals surface area contributed by atoms with Crippen LogP contribution in [0.25, 0.3) is 141 Å². The second kappa shape index (κ2) is 35.8. The van der Waals surface area contributed by atoms with Gasteiger partial charge in [-0.25, -0.2) is 0 Å². The fraction of sp³-hybridized carbons (Fsp3) is 0.148. The smallest absolute Gasteiger partial charge is 0.168 e. The minimum absolute atomic E-state index is 0.135. The van der Waals surface area contributed by atoms with Gasteiger partial charge in [-0.2, -0.15) is 0 Å². The Labute approximate surface area is 741 Å². The summed E-state index contributed by atoms with van der Waals surface area (Å²) in [6.07, 6.45) is 6.42. The summed E-state index contributed by atoms with van der Waals surface area (Å²) in [7, 11) is 0. The molecule has 15 heteroatoms. The number of rotatable bonds is 8. The van der Waals surface area contributed by atoms with Crippen LogP contribution in [-0.2, 0) is 0 Å². The molecule has 0 unspecified atom stereocenters. The Bertz CT molecular complexity index is 7880. The highest BCUT2D eigenvalue weighted by molar-refractivity contribution is 7.28. The molecule has 0 aliphatic carbocycles. The van der Waals surface area contributed by atoms with Crippen LogP contribution in [0, 0.1) is 88.5 Å². The first-order valence-corrected chi connectivity index (χ1v) is 46.1. The maximum Gasteiger partial charge on any atom is 0.168 e. The minimum atomic E-state index is -0.395. The van der Waals surface area contributed by atoms with Crippen LogP contribution < -0.4 is 0 Å². The van der Waals surface area contributed by atoms with Gasteiger partial charge < -0.3 is 0 Å². The van der Waals surface area contributed by atoms with Gasteiger partial charge in [-0.15, -0.1) is 79.4 Å². The third-order valence-corrected chi connectivity index (χ3v) is 31.6. The van der Waals surface area contributed by atoms with Crippen LogP contribution in [0.3, 0.4) is 0 Å². The van der Waals surface area contributed by atoms with Gasteiger partial charge in [0.1, 0.15) is 37.7 Å². The molecule has 0 aliphatic heterocycles. The van der Waals surface area contributed by atoms with E-state index in [1.165, 1.54) is 171 Å². The van der Waals surface area contributed by atoms with Crippen molar-refractivity contribution < 1.29 is 38.4 Å². The van der Waals surface area contributed by atoms with Crippen molar-refractivity contribution in [3.05, 3.63) is 330 Å². The number of benzene rings is 14. The quantitative estimate of drug-likeness (QED) is 0.108. The Balaban J connectivity index is 0.000000111. The van der Waals surface area contributed by atoms with Gasteiger partial charge >= 0.3 is 0 Å². The van der Waals surface area contributed by atoms with Gasteiger partial charge in [-0.3, -0.25) is 38.4 Å². The number of hydrogen-bond donors (Lipinski definition) is 0. The molecule has 0 saturated heterocycles.